The van der Waals surface area contributed by atoms with Crippen molar-refractivity contribution in [2.24, 2.45) is 11.7 Å². The highest BCUT2D eigenvalue weighted by Crippen LogP contribution is 2.29. The number of halogens is 3. The number of rotatable bonds is 4. The first kappa shape index (κ1) is 16.0. The Morgan fingerprint density at radius 3 is 2.76 bits per heavy atom. The first-order valence-electron chi connectivity index (χ1n) is 6.58. The number of anilines is 1. The van der Waals surface area contributed by atoms with Crippen molar-refractivity contribution in [2.45, 2.75) is 12.6 Å². The Hall–Kier alpha value is -1.41. The maximum atomic E-state index is 12.7. The lowest BCUT2D eigenvalue weighted by Gasteiger charge is -2.16. The molecule has 3 N–H and O–H groups in total. The predicted molar refractivity (Wildman–Crippen MR) is 79.2 cm³/mol. The fourth-order valence-electron chi connectivity index (χ4n) is 2.38. The Kier molecular flexibility index (Phi) is 4.67. The third kappa shape index (κ3) is 4.04. The molecule has 2 heterocycles. The maximum Gasteiger partial charge on any atom is 0.433 e. The van der Waals surface area contributed by atoms with Crippen molar-refractivity contribution < 1.29 is 13.2 Å². The van der Waals surface area contributed by atoms with Gasteiger partial charge >= 0.3 is 6.18 Å². The van der Waals surface area contributed by atoms with Crippen molar-refractivity contribution in [1.29, 1.82) is 0 Å². The van der Waals surface area contributed by atoms with E-state index in [1.807, 2.05) is 7.05 Å². The minimum Gasteiger partial charge on any atom is -0.389 e. The third-order valence-corrected chi connectivity index (χ3v) is 3.72. The third-order valence-electron chi connectivity index (χ3n) is 3.50. The van der Waals surface area contributed by atoms with Gasteiger partial charge in [0, 0.05) is 13.1 Å². The standard InChI is InChI=1S/C13H17F3N4S/c1-20-5-4-8(7-20)6-18-12-9(11(17)21)2-3-10(19-12)13(14,15)16/h2-3,8H,4-7H2,1H3,(H2,17,21)(H,18,19). The average molecular weight is 318 g/mol. The van der Waals surface area contributed by atoms with Crippen LogP contribution < -0.4 is 11.1 Å². The molecule has 0 spiro atoms. The van der Waals surface area contributed by atoms with Crippen LogP contribution in [0.25, 0.3) is 0 Å². The van der Waals surface area contributed by atoms with Gasteiger partial charge in [-0.2, -0.15) is 13.2 Å². The Labute approximate surface area is 126 Å². The summed E-state index contributed by atoms with van der Waals surface area (Å²) in [5, 5.41) is 2.96. The second-order valence-electron chi connectivity index (χ2n) is 5.25. The fourth-order valence-corrected chi connectivity index (χ4v) is 2.55. The molecule has 1 atom stereocenters. The SMILES string of the molecule is CN1CCC(CNc2nc(C(F)(F)F)ccc2C(N)=S)C1. The molecule has 8 heteroatoms. The zero-order valence-electron chi connectivity index (χ0n) is 11.6. The van der Waals surface area contributed by atoms with Crippen LogP contribution in [0.5, 0.6) is 0 Å². The summed E-state index contributed by atoms with van der Waals surface area (Å²) in [6, 6.07) is 2.16. The van der Waals surface area contributed by atoms with E-state index < -0.39 is 11.9 Å². The summed E-state index contributed by atoms with van der Waals surface area (Å²) in [5.41, 5.74) is 4.93. The molecule has 1 saturated heterocycles. The quantitative estimate of drug-likeness (QED) is 0.833. The van der Waals surface area contributed by atoms with Crippen LogP contribution in [0.15, 0.2) is 12.1 Å². The molecule has 1 unspecified atom stereocenters. The van der Waals surface area contributed by atoms with E-state index in [2.05, 4.69) is 15.2 Å². The maximum absolute atomic E-state index is 12.7. The summed E-state index contributed by atoms with van der Waals surface area (Å²) in [4.78, 5) is 5.84. The molecular weight excluding hydrogens is 301 g/mol. The van der Waals surface area contributed by atoms with Crippen LogP contribution in [0.2, 0.25) is 0 Å². The molecule has 0 amide bonds. The number of aromatic nitrogens is 1. The summed E-state index contributed by atoms with van der Waals surface area (Å²) in [6.07, 6.45) is -3.48. The Morgan fingerprint density at radius 1 is 1.52 bits per heavy atom. The van der Waals surface area contributed by atoms with E-state index in [9.17, 15) is 13.2 Å². The van der Waals surface area contributed by atoms with Crippen LogP contribution in [-0.2, 0) is 6.18 Å². The molecule has 1 aliphatic rings. The number of pyridine rings is 1. The molecule has 0 aromatic carbocycles. The zero-order chi connectivity index (χ0) is 15.6. The minimum atomic E-state index is -4.49. The molecule has 1 aromatic heterocycles. The van der Waals surface area contributed by atoms with Gasteiger partial charge in [0.05, 0.1) is 5.56 Å². The zero-order valence-corrected chi connectivity index (χ0v) is 12.4. The van der Waals surface area contributed by atoms with Gasteiger partial charge in [-0.25, -0.2) is 4.98 Å². The van der Waals surface area contributed by atoms with E-state index in [1.165, 1.54) is 6.07 Å². The molecule has 2 rings (SSSR count). The first-order valence-corrected chi connectivity index (χ1v) is 6.98. The van der Waals surface area contributed by atoms with Gasteiger partial charge in [0.25, 0.3) is 0 Å². The number of alkyl halides is 3. The van der Waals surface area contributed by atoms with E-state index in [1.54, 1.807) is 0 Å². The van der Waals surface area contributed by atoms with Crippen molar-refractivity contribution >= 4 is 23.0 Å². The van der Waals surface area contributed by atoms with Crippen molar-refractivity contribution in [3.8, 4) is 0 Å². The van der Waals surface area contributed by atoms with Gasteiger partial charge in [-0.05, 0) is 38.1 Å². The first-order chi connectivity index (χ1) is 9.77. The van der Waals surface area contributed by atoms with E-state index >= 15 is 0 Å². The minimum absolute atomic E-state index is 0.0299. The second-order valence-corrected chi connectivity index (χ2v) is 5.69. The van der Waals surface area contributed by atoms with Crippen molar-refractivity contribution in [3.05, 3.63) is 23.4 Å². The van der Waals surface area contributed by atoms with Crippen molar-refractivity contribution in [1.82, 2.24) is 9.88 Å². The van der Waals surface area contributed by atoms with Crippen LogP contribution >= 0.6 is 12.2 Å². The van der Waals surface area contributed by atoms with E-state index in [0.717, 1.165) is 25.6 Å². The summed E-state index contributed by atoms with van der Waals surface area (Å²) in [6.45, 7) is 2.45. The molecule has 4 nitrogen and oxygen atoms in total. The number of thiocarbonyl (C=S) groups is 1. The van der Waals surface area contributed by atoms with Crippen molar-refractivity contribution in [2.75, 3.05) is 32.0 Å². The predicted octanol–water partition coefficient (Wildman–Crippen LogP) is 2.10. The number of hydrogen-bond acceptors (Lipinski definition) is 4. The smallest absolute Gasteiger partial charge is 0.389 e. The fraction of sp³-hybridized carbons (Fsp3) is 0.538. The summed E-state index contributed by atoms with van der Waals surface area (Å²) in [7, 11) is 2.02. The number of nitrogens with zero attached hydrogens (tertiary/aromatic N) is 2. The highest BCUT2D eigenvalue weighted by molar-refractivity contribution is 7.80. The van der Waals surface area contributed by atoms with E-state index in [-0.39, 0.29) is 10.8 Å². The van der Waals surface area contributed by atoms with Gasteiger partial charge in [-0.15, -0.1) is 0 Å². The molecule has 21 heavy (non-hydrogen) atoms. The molecule has 1 fully saturated rings. The lowest BCUT2D eigenvalue weighted by molar-refractivity contribution is -0.141. The van der Waals surface area contributed by atoms with Gasteiger partial charge < -0.3 is 16.0 Å². The molecule has 0 aliphatic carbocycles. The summed E-state index contributed by atoms with van der Waals surface area (Å²) in [5.74, 6) is 0.484. The Morgan fingerprint density at radius 2 is 2.24 bits per heavy atom. The Bertz CT molecular complexity index is 533. The van der Waals surface area contributed by atoms with Crippen LogP contribution in [0, 0.1) is 5.92 Å². The normalized spacial score (nSPS) is 19.7. The van der Waals surface area contributed by atoms with Crippen LogP contribution in [-0.4, -0.2) is 41.6 Å². The summed E-state index contributed by atoms with van der Waals surface area (Å²) >= 11 is 4.86. The van der Waals surface area contributed by atoms with Crippen LogP contribution in [0.1, 0.15) is 17.7 Å². The van der Waals surface area contributed by atoms with Crippen LogP contribution in [0.4, 0.5) is 19.0 Å². The van der Waals surface area contributed by atoms with Gasteiger partial charge in [0.15, 0.2) is 0 Å². The molecule has 1 aromatic rings. The number of hydrogen-bond donors (Lipinski definition) is 2. The topological polar surface area (TPSA) is 54.2 Å². The van der Waals surface area contributed by atoms with Gasteiger partial charge in [0.1, 0.15) is 16.5 Å². The lowest BCUT2D eigenvalue weighted by atomic mass is 10.1. The molecule has 0 saturated carbocycles. The lowest BCUT2D eigenvalue weighted by Crippen LogP contribution is -2.22. The molecule has 1 aliphatic heterocycles. The average Bonchev–Trinajstić information content (AvgIpc) is 2.80. The number of likely N-dealkylation sites (tertiary alicyclic amines) is 1. The van der Waals surface area contributed by atoms with Crippen LogP contribution in [0.3, 0.4) is 0 Å². The molecule has 0 radical (unpaired) electrons. The number of nitrogens with two attached hydrogens (primary N) is 1. The Balaban J connectivity index is 2.16. The van der Waals surface area contributed by atoms with Gasteiger partial charge in [-0.3, -0.25) is 0 Å². The highest BCUT2D eigenvalue weighted by atomic mass is 32.1. The van der Waals surface area contributed by atoms with Crippen molar-refractivity contribution in [3.63, 3.8) is 0 Å². The second kappa shape index (κ2) is 6.15. The largest absolute Gasteiger partial charge is 0.433 e. The molecule has 116 valence electrons. The highest BCUT2D eigenvalue weighted by Gasteiger charge is 2.33. The monoisotopic (exact) mass is 318 g/mol. The molecular formula is C13H17F3N4S. The van der Waals surface area contributed by atoms with E-state index in [4.69, 9.17) is 18.0 Å². The van der Waals surface area contributed by atoms with E-state index in [0.29, 0.717) is 18.0 Å². The summed E-state index contributed by atoms with van der Waals surface area (Å²) < 4.78 is 38.2. The molecule has 0 bridgehead atoms. The number of nitrogens with one attached hydrogen (secondary N) is 1. The van der Waals surface area contributed by atoms with Gasteiger partial charge in [-0.1, -0.05) is 12.2 Å². The van der Waals surface area contributed by atoms with Gasteiger partial charge in [0.2, 0.25) is 0 Å².